The molecule has 1 heterocycles. The van der Waals surface area contributed by atoms with E-state index in [1.807, 2.05) is 24.3 Å². The van der Waals surface area contributed by atoms with Crippen LogP contribution >= 0.6 is 43.5 Å². The summed E-state index contributed by atoms with van der Waals surface area (Å²) in [5, 5.41) is 9.48. The number of hydrogen-bond acceptors (Lipinski definition) is 2. The fourth-order valence-electron chi connectivity index (χ4n) is 1.64. The maximum Gasteiger partial charge on any atom is 0.115 e. The highest BCUT2D eigenvalue weighted by atomic mass is 79.9. The Morgan fingerprint density at radius 3 is 2.50 bits per heavy atom. The average Bonchev–Trinajstić information content (AvgIpc) is 2.71. The molecular formula is C12H6Br2ClN3. The highest BCUT2D eigenvalue weighted by molar-refractivity contribution is 9.11. The van der Waals surface area contributed by atoms with Gasteiger partial charge in [-0.1, -0.05) is 27.5 Å². The molecule has 0 aliphatic heterocycles. The second kappa shape index (κ2) is 4.64. The van der Waals surface area contributed by atoms with Crippen molar-refractivity contribution in [3.63, 3.8) is 0 Å². The van der Waals surface area contributed by atoms with E-state index >= 15 is 0 Å². The zero-order valence-electron chi connectivity index (χ0n) is 8.94. The maximum atomic E-state index is 5.93. The van der Waals surface area contributed by atoms with Crippen molar-refractivity contribution in [3.8, 4) is 5.69 Å². The third-order valence-corrected chi connectivity index (χ3v) is 3.83. The SMILES string of the molecule is Clc1ccc2nn(-c3ccc(Br)cc3Br)nc2c1. The van der Waals surface area contributed by atoms with E-state index in [0.29, 0.717) is 5.02 Å². The highest BCUT2D eigenvalue weighted by Crippen LogP contribution is 2.25. The molecule has 18 heavy (non-hydrogen) atoms. The van der Waals surface area contributed by atoms with E-state index in [4.69, 9.17) is 11.6 Å². The standard InChI is InChI=1S/C12H6Br2ClN3/c13-7-1-4-12(9(14)5-7)18-16-10-3-2-8(15)6-11(10)17-18/h1-6H. The molecule has 0 aliphatic carbocycles. The van der Waals surface area contributed by atoms with Crippen LogP contribution in [-0.2, 0) is 0 Å². The van der Waals surface area contributed by atoms with Gasteiger partial charge < -0.3 is 0 Å². The summed E-state index contributed by atoms with van der Waals surface area (Å²) in [6, 6.07) is 11.3. The van der Waals surface area contributed by atoms with E-state index in [-0.39, 0.29) is 0 Å². The first-order valence-electron chi connectivity index (χ1n) is 5.11. The lowest BCUT2D eigenvalue weighted by Crippen LogP contribution is -1.99. The van der Waals surface area contributed by atoms with E-state index in [9.17, 15) is 0 Å². The summed E-state index contributed by atoms with van der Waals surface area (Å²) in [5.41, 5.74) is 2.47. The third-order valence-electron chi connectivity index (χ3n) is 2.47. The lowest BCUT2D eigenvalue weighted by Gasteiger charge is -2.02. The topological polar surface area (TPSA) is 30.7 Å². The van der Waals surface area contributed by atoms with Gasteiger partial charge in [-0.3, -0.25) is 0 Å². The summed E-state index contributed by atoms with van der Waals surface area (Å²) in [5.74, 6) is 0. The largest absolute Gasteiger partial charge is 0.149 e. The predicted molar refractivity (Wildman–Crippen MR) is 79.3 cm³/mol. The van der Waals surface area contributed by atoms with E-state index < -0.39 is 0 Å². The van der Waals surface area contributed by atoms with Crippen molar-refractivity contribution >= 4 is 54.5 Å². The number of halogens is 3. The van der Waals surface area contributed by atoms with Crippen LogP contribution in [0.1, 0.15) is 0 Å². The zero-order chi connectivity index (χ0) is 12.7. The lowest BCUT2D eigenvalue weighted by molar-refractivity contribution is 0.762. The minimum absolute atomic E-state index is 0.657. The van der Waals surface area contributed by atoms with Crippen molar-refractivity contribution in [1.29, 1.82) is 0 Å². The molecule has 3 aromatic rings. The van der Waals surface area contributed by atoms with Crippen LogP contribution in [0.3, 0.4) is 0 Å². The second-order valence-corrected chi connectivity index (χ2v) is 5.92. The first kappa shape index (κ1) is 12.1. The normalized spacial score (nSPS) is 11.1. The minimum Gasteiger partial charge on any atom is -0.149 e. The van der Waals surface area contributed by atoms with Crippen molar-refractivity contribution < 1.29 is 0 Å². The van der Waals surface area contributed by atoms with Crippen LogP contribution < -0.4 is 0 Å². The molecule has 3 rings (SSSR count). The molecule has 0 spiro atoms. The number of benzene rings is 2. The monoisotopic (exact) mass is 385 g/mol. The van der Waals surface area contributed by atoms with Crippen LogP contribution in [0.15, 0.2) is 45.3 Å². The van der Waals surface area contributed by atoms with Gasteiger partial charge >= 0.3 is 0 Å². The lowest BCUT2D eigenvalue weighted by atomic mass is 10.3. The maximum absolute atomic E-state index is 5.93. The second-order valence-electron chi connectivity index (χ2n) is 3.72. The Morgan fingerprint density at radius 1 is 0.944 bits per heavy atom. The first-order chi connectivity index (χ1) is 8.63. The van der Waals surface area contributed by atoms with Gasteiger partial charge in [0.05, 0.1) is 5.69 Å². The van der Waals surface area contributed by atoms with Crippen LogP contribution in [0, 0.1) is 0 Å². The van der Waals surface area contributed by atoms with Gasteiger partial charge in [-0.05, 0) is 52.3 Å². The molecule has 0 atom stereocenters. The number of rotatable bonds is 1. The Balaban J connectivity index is 2.19. The Kier molecular flexibility index (Phi) is 3.13. The van der Waals surface area contributed by atoms with Crippen LogP contribution in [0.25, 0.3) is 16.7 Å². The van der Waals surface area contributed by atoms with E-state index in [2.05, 4.69) is 42.1 Å². The van der Waals surface area contributed by atoms with Crippen LogP contribution in [0.4, 0.5) is 0 Å². The number of nitrogens with zero attached hydrogens (tertiary/aromatic N) is 3. The summed E-state index contributed by atoms with van der Waals surface area (Å²) in [6.07, 6.45) is 0. The molecule has 0 saturated carbocycles. The molecule has 2 aromatic carbocycles. The summed E-state index contributed by atoms with van der Waals surface area (Å²) in [6.45, 7) is 0. The van der Waals surface area contributed by atoms with Crippen LogP contribution in [0.2, 0.25) is 5.02 Å². The number of hydrogen-bond donors (Lipinski definition) is 0. The molecule has 0 unspecified atom stereocenters. The van der Waals surface area contributed by atoms with Crippen molar-refractivity contribution in [2.75, 3.05) is 0 Å². The van der Waals surface area contributed by atoms with Gasteiger partial charge in [-0.25, -0.2) is 0 Å². The molecule has 0 N–H and O–H groups in total. The Hall–Kier alpha value is -0.910. The predicted octanol–water partition coefficient (Wildman–Crippen LogP) is 4.60. The summed E-state index contributed by atoms with van der Waals surface area (Å²) in [7, 11) is 0. The quantitative estimate of drug-likeness (QED) is 0.611. The third kappa shape index (κ3) is 2.18. The van der Waals surface area contributed by atoms with E-state index in [1.54, 1.807) is 16.9 Å². The molecule has 0 fully saturated rings. The van der Waals surface area contributed by atoms with Crippen LogP contribution in [0.5, 0.6) is 0 Å². The average molecular weight is 387 g/mol. The smallest absolute Gasteiger partial charge is 0.115 e. The van der Waals surface area contributed by atoms with Gasteiger partial charge in [-0.2, -0.15) is 0 Å². The van der Waals surface area contributed by atoms with Gasteiger partial charge in [0.1, 0.15) is 11.0 Å². The van der Waals surface area contributed by atoms with Gasteiger partial charge in [-0.15, -0.1) is 15.0 Å². The summed E-state index contributed by atoms with van der Waals surface area (Å²) in [4.78, 5) is 1.59. The first-order valence-corrected chi connectivity index (χ1v) is 7.08. The zero-order valence-corrected chi connectivity index (χ0v) is 12.9. The fraction of sp³-hybridized carbons (Fsp3) is 0. The summed E-state index contributed by atoms with van der Waals surface area (Å²) < 4.78 is 1.92. The van der Waals surface area contributed by atoms with E-state index in [1.165, 1.54) is 0 Å². The van der Waals surface area contributed by atoms with Crippen LogP contribution in [-0.4, -0.2) is 15.0 Å². The van der Waals surface area contributed by atoms with Crippen molar-refractivity contribution in [1.82, 2.24) is 15.0 Å². The van der Waals surface area contributed by atoms with Gasteiger partial charge in [0.2, 0.25) is 0 Å². The molecule has 6 heteroatoms. The Bertz CT molecular complexity index is 739. The van der Waals surface area contributed by atoms with Crippen molar-refractivity contribution in [3.05, 3.63) is 50.4 Å². The van der Waals surface area contributed by atoms with Crippen molar-refractivity contribution in [2.45, 2.75) is 0 Å². The number of fused-ring (bicyclic) bond motifs is 1. The minimum atomic E-state index is 0.657. The molecule has 90 valence electrons. The van der Waals surface area contributed by atoms with Crippen molar-refractivity contribution in [2.24, 2.45) is 0 Å². The molecule has 0 saturated heterocycles. The van der Waals surface area contributed by atoms with Gasteiger partial charge in [0.25, 0.3) is 0 Å². The molecule has 0 bridgehead atoms. The molecule has 1 aromatic heterocycles. The highest BCUT2D eigenvalue weighted by Gasteiger charge is 2.08. The Morgan fingerprint density at radius 2 is 1.72 bits per heavy atom. The van der Waals surface area contributed by atoms with E-state index in [0.717, 1.165) is 25.7 Å². The Labute approximate surface area is 125 Å². The molecular weight excluding hydrogens is 381 g/mol. The van der Waals surface area contributed by atoms with Gasteiger partial charge in [0, 0.05) is 14.0 Å². The van der Waals surface area contributed by atoms with Gasteiger partial charge in [0.15, 0.2) is 0 Å². The summed E-state index contributed by atoms with van der Waals surface area (Å²) >= 11 is 12.8. The molecule has 0 aliphatic rings. The molecule has 0 amide bonds. The fourth-order valence-corrected chi connectivity index (χ4v) is 3.01. The number of aromatic nitrogens is 3. The molecule has 3 nitrogen and oxygen atoms in total. The molecule has 0 radical (unpaired) electrons.